The molecule has 0 bridgehead atoms. The van der Waals surface area contributed by atoms with Gasteiger partial charge in [-0.25, -0.2) is 0 Å². The summed E-state index contributed by atoms with van der Waals surface area (Å²) in [5.41, 5.74) is 5.35. The number of rotatable bonds is 4. The summed E-state index contributed by atoms with van der Waals surface area (Å²) in [6, 6.07) is 8.96. The van der Waals surface area contributed by atoms with Gasteiger partial charge in [-0.15, -0.1) is 0 Å². The summed E-state index contributed by atoms with van der Waals surface area (Å²) in [6.07, 6.45) is 3.71. The first-order chi connectivity index (χ1) is 8.09. The Morgan fingerprint density at radius 3 is 2.53 bits per heavy atom. The first kappa shape index (κ1) is 12.6. The minimum absolute atomic E-state index is 0.284. The maximum atomic E-state index is 2.53. The molecule has 0 saturated carbocycles. The van der Waals surface area contributed by atoms with Crippen LogP contribution in [0.15, 0.2) is 30.3 Å². The molecular formula is C15H22NSi. The molecule has 1 aliphatic rings. The molecule has 17 heavy (non-hydrogen) atoms. The van der Waals surface area contributed by atoms with Crippen molar-refractivity contribution in [1.29, 1.82) is 0 Å². The average Bonchev–Trinajstić information content (AvgIpc) is 2.65. The maximum Gasteiger partial charge on any atom is 0.0548 e. The zero-order valence-electron chi connectivity index (χ0n) is 11.3. The minimum Gasteiger partial charge on any atom is -0.309 e. The number of allylic oxidation sites excluding steroid dienone is 1. The first-order valence-electron chi connectivity index (χ1n) is 6.34. The summed E-state index contributed by atoms with van der Waals surface area (Å²) < 4.78 is 0. The lowest BCUT2D eigenvalue weighted by Crippen LogP contribution is -2.13. The number of hydrogen-bond acceptors (Lipinski definition) is 1. The Labute approximate surface area is 107 Å². The van der Waals surface area contributed by atoms with Gasteiger partial charge in [0, 0.05) is 6.54 Å². The van der Waals surface area contributed by atoms with E-state index < -0.39 is 0 Å². The van der Waals surface area contributed by atoms with Crippen LogP contribution in [-0.4, -0.2) is 34.3 Å². The molecule has 2 heteroatoms. The van der Waals surface area contributed by atoms with Gasteiger partial charge < -0.3 is 4.90 Å². The fourth-order valence-corrected chi connectivity index (χ4v) is 3.89. The largest absolute Gasteiger partial charge is 0.309 e. The van der Waals surface area contributed by atoms with Crippen molar-refractivity contribution in [3.05, 3.63) is 41.5 Å². The lowest BCUT2D eigenvalue weighted by Gasteiger charge is -2.13. The highest BCUT2D eigenvalue weighted by molar-refractivity contribution is 6.58. The monoisotopic (exact) mass is 244 g/mol. The van der Waals surface area contributed by atoms with Gasteiger partial charge in [0.1, 0.15) is 0 Å². The fourth-order valence-electron chi connectivity index (χ4n) is 2.48. The van der Waals surface area contributed by atoms with Crippen molar-refractivity contribution in [2.24, 2.45) is 0 Å². The third-order valence-electron chi connectivity index (χ3n) is 3.46. The molecule has 0 saturated heterocycles. The number of hydrogen-bond donors (Lipinski definition) is 0. The van der Waals surface area contributed by atoms with E-state index in [0.717, 1.165) is 6.54 Å². The van der Waals surface area contributed by atoms with Crippen molar-refractivity contribution in [3.8, 4) is 0 Å². The van der Waals surface area contributed by atoms with E-state index in [9.17, 15) is 0 Å². The van der Waals surface area contributed by atoms with Gasteiger partial charge in [-0.05, 0) is 42.8 Å². The molecule has 0 amide bonds. The third kappa shape index (κ3) is 2.69. The van der Waals surface area contributed by atoms with Crippen molar-refractivity contribution in [2.45, 2.75) is 25.1 Å². The van der Waals surface area contributed by atoms with E-state index in [1.165, 1.54) is 12.0 Å². The van der Waals surface area contributed by atoms with E-state index in [2.05, 4.69) is 62.4 Å². The molecule has 0 fully saturated rings. The molecule has 2 rings (SSSR count). The van der Waals surface area contributed by atoms with Crippen molar-refractivity contribution < 1.29 is 0 Å². The topological polar surface area (TPSA) is 3.24 Å². The number of nitrogens with zero attached hydrogens (tertiary/aromatic N) is 1. The van der Waals surface area contributed by atoms with Crippen molar-refractivity contribution in [1.82, 2.24) is 4.90 Å². The lowest BCUT2D eigenvalue weighted by atomic mass is 10.0. The zero-order chi connectivity index (χ0) is 12.4. The van der Waals surface area contributed by atoms with Gasteiger partial charge in [0.2, 0.25) is 0 Å². The second-order valence-corrected chi connectivity index (χ2v) is 8.16. The van der Waals surface area contributed by atoms with Crippen LogP contribution in [0.5, 0.6) is 0 Å². The van der Waals surface area contributed by atoms with Gasteiger partial charge in [0.05, 0.1) is 8.80 Å². The van der Waals surface area contributed by atoms with Crippen LogP contribution < -0.4 is 0 Å². The highest BCUT2D eigenvalue weighted by Crippen LogP contribution is 2.38. The average molecular weight is 244 g/mol. The quantitative estimate of drug-likeness (QED) is 0.734. The van der Waals surface area contributed by atoms with Crippen molar-refractivity contribution >= 4 is 14.4 Å². The van der Waals surface area contributed by atoms with E-state index in [0.29, 0.717) is 5.54 Å². The van der Waals surface area contributed by atoms with Crippen LogP contribution in [0.1, 0.15) is 23.1 Å². The summed E-state index contributed by atoms with van der Waals surface area (Å²) in [5.74, 6) is 0. The molecule has 1 nitrogen and oxygen atoms in total. The Kier molecular flexibility index (Phi) is 3.85. The molecule has 1 aromatic rings. The Morgan fingerprint density at radius 2 is 1.88 bits per heavy atom. The Bertz CT molecular complexity index is 421. The second-order valence-electron chi connectivity index (χ2n) is 5.39. The van der Waals surface area contributed by atoms with Gasteiger partial charge >= 0.3 is 0 Å². The predicted octanol–water partition coefficient (Wildman–Crippen LogP) is 3.41. The van der Waals surface area contributed by atoms with Gasteiger partial charge in [0.15, 0.2) is 0 Å². The van der Waals surface area contributed by atoms with Crippen LogP contribution in [0, 0.1) is 0 Å². The van der Waals surface area contributed by atoms with Gasteiger partial charge in [-0.2, -0.15) is 0 Å². The third-order valence-corrected chi connectivity index (χ3v) is 5.18. The van der Waals surface area contributed by atoms with E-state index in [-0.39, 0.29) is 8.80 Å². The maximum absolute atomic E-state index is 2.53. The minimum atomic E-state index is -0.284. The van der Waals surface area contributed by atoms with E-state index in [4.69, 9.17) is 0 Å². The lowest BCUT2D eigenvalue weighted by molar-refractivity contribution is 0.419. The molecular weight excluding hydrogens is 222 g/mol. The van der Waals surface area contributed by atoms with E-state index in [1.807, 2.05) is 0 Å². The molecule has 1 atom stereocenters. The van der Waals surface area contributed by atoms with Crippen LogP contribution in [-0.2, 0) is 0 Å². The van der Waals surface area contributed by atoms with Crippen molar-refractivity contribution in [2.75, 3.05) is 20.6 Å². The van der Waals surface area contributed by atoms with Crippen LogP contribution in [0.25, 0.3) is 5.57 Å². The van der Waals surface area contributed by atoms with Crippen LogP contribution >= 0.6 is 0 Å². The number of fused-ring (bicyclic) bond motifs is 1. The molecule has 1 radical (unpaired) electrons. The SMILES string of the molecule is CN(C)CCC1=CC([Si](C)C)c2ccccc21. The molecule has 0 aromatic heterocycles. The highest BCUT2D eigenvalue weighted by Gasteiger charge is 2.25. The molecule has 91 valence electrons. The summed E-state index contributed by atoms with van der Waals surface area (Å²) in [6.45, 7) is 5.97. The summed E-state index contributed by atoms with van der Waals surface area (Å²) >= 11 is 0. The van der Waals surface area contributed by atoms with Gasteiger partial charge in [0.25, 0.3) is 0 Å². The smallest absolute Gasteiger partial charge is 0.0548 e. The Balaban J connectivity index is 2.25. The fraction of sp³-hybridized carbons (Fsp3) is 0.467. The molecule has 0 heterocycles. The normalized spacial score (nSPS) is 18.7. The van der Waals surface area contributed by atoms with Gasteiger partial charge in [-0.1, -0.05) is 43.4 Å². The van der Waals surface area contributed by atoms with Crippen LogP contribution in [0.2, 0.25) is 13.1 Å². The van der Waals surface area contributed by atoms with Crippen LogP contribution in [0.3, 0.4) is 0 Å². The summed E-state index contributed by atoms with van der Waals surface area (Å²) in [5, 5.41) is 0. The molecule has 0 N–H and O–H groups in total. The van der Waals surface area contributed by atoms with E-state index >= 15 is 0 Å². The van der Waals surface area contributed by atoms with E-state index in [1.54, 1.807) is 11.1 Å². The number of benzene rings is 1. The second kappa shape index (κ2) is 5.19. The molecule has 1 aliphatic carbocycles. The van der Waals surface area contributed by atoms with Crippen LogP contribution in [0.4, 0.5) is 0 Å². The Hall–Kier alpha value is -0.863. The first-order valence-corrected chi connectivity index (χ1v) is 8.92. The van der Waals surface area contributed by atoms with Crippen molar-refractivity contribution in [3.63, 3.8) is 0 Å². The molecule has 1 aromatic carbocycles. The summed E-state index contributed by atoms with van der Waals surface area (Å²) in [7, 11) is 4.01. The molecule has 0 aliphatic heterocycles. The summed E-state index contributed by atoms with van der Waals surface area (Å²) in [4.78, 5) is 2.26. The highest BCUT2D eigenvalue weighted by atomic mass is 28.3. The molecule has 0 spiro atoms. The molecule has 1 unspecified atom stereocenters. The van der Waals surface area contributed by atoms with Gasteiger partial charge in [-0.3, -0.25) is 0 Å². The predicted molar refractivity (Wildman–Crippen MR) is 77.8 cm³/mol. The zero-order valence-corrected chi connectivity index (χ0v) is 12.3. The Morgan fingerprint density at radius 1 is 1.18 bits per heavy atom. The standard InChI is InChI=1S/C15H22NSi/c1-16(2)10-9-12-11-15(17(3)4)14-8-6-5-7-13(12)14/h5-8,11,15H,9-10H2,1-4H3.